The van der Waals surface area contributed by atoms with Gasteiger partial charge in [-0.3, -0.25) is 9.59 Å². The maximum atomic E-state index is 12.6. The van der Waals surface area contributed by atoms with Crippen LogP contribution in [0.3, 0.4) is 0 Å². The number of hydrogen-bond acceptors (Lipinski definition) is 4. The molecule has 1 saturated carbocycles. The molecule has 0 radical (unpaired) electrons. The van der Waals surface area contributed by atoms with Crippen molar-refractivity contribution in [1.29, 1.82) is 0 Å². The van der Waals surface area contributed by atoms with Crippen LogP contribution in [0.2, 0.25) is 0 Å². The van der Waals surface area contributed by atoms with E-state index in [1.54, 1.807) is 0 Å². The first kappa shape index (κ1) is 27.0. The zero-order chi connectivity index (χ0) is 21.9. The lowest BCUT2D eigenvalue weighted by Gasteiger charge is -2.24. The van der Waals surface area contributed by atoms with Crippen LogP contribution < -0.4 is 0 Å². The third kappa shape index (κ3) is 14.0. The Morgan fingerprint density at radius 2 is 1.30 bits per heavy atom. The van der Waals surface area contributed by atoms with E-state index in [4.69, 9.17) is 4.74 Å². The van der Waals surface area contributed by atoms with Gasteiger partial charge >= 0.3 is 11.9 Å². The molecule has 0 N–H and O–H groups in total. The number of unbranched alkanes of at least 4 members (excludes halogenated alkanes) is 10. The van der Waals surface area contributed by atoms with E-state index in [2.05, 4.69) is 11.7 Å². The van der Waals surface area contributed by atoms with E-state index in [1.165, 1.54) is 71.3 Å². The highest BCUT2D eigenvalue weighted by atomic mass is 16.5. The minimum Gasteiger partial charge on any atom is -0.469 e. The zero-order valence-corrected chi connectivity index (χ0v) is 19.9. The van der Waals surface area contributed by atoms with Gasteiger partial charge in [0.1, 0.15) is 6.10 Å². The van der Waals surface area contributed by atoms with Gasteiger partial charge in [0.2, 0.25) is 0 Å². The Balaban J connectivity index is 2.25. The molecule has 0 heterocycles. The van der Waals surface area contributed by atoms with E-state index in [0.717, 1.165) is 57.8 Å². The van der Waals surface area contributed by atoms with Crippen LogP contribution in [0.4, 0.5) is 0 Å². The summed E-state index contributed by atoms with van der Waals surface area (Å²) in [6.45, 7) is 2.25. The van der Waals surface area contributed by atoms with E-state index < -0.39 is 0 Å². The number of esters is 2. The van der Waals surface area contributed by atoms with Gasteiger partial charge in [0.05, 0.1) is 13.0 Å². The molecule has 0 bridgehead atoms. The van der Waals surface area contributed by atoms with E-state index in [0.29, 0.717) is 6.42 Å². The first-order valence-electron chi connectivity index (χ1n) is 12.9. The Morgan fingerprint density at radius 3 is 1.87 bits per heavy atom. The third-order valence-corrected chi connectivity index (χ3v) is 6.49. The van der Waals surface area contributed by atoms with Crippen molar-refractivity contribution >= 4 is 11.9 Å². The van der Waals surface area contributed by atoms with Crippen LogP contribution in [0.1, 0.15) is 135 Å². The summed E-state index contributed by atoms with van der Waals surface area (Å²) in [6, 6.07) is 0. The van der Waals surface area contributed by atoms with Gasteiger partial charge in [-0.15, -0.1) is 0 Å². The van der Waals surface area contributed by atoms with Gasteiger partial charge in [0, 0.05) is 6.42 Å². The van der Waals surface area contributed by atoms with Crippen LogP contribution in [0.25, 0.3) is 0 Å². The largest absolute Gasteiger partial charge is 0.469 e. The first-order chi connectivity index (χ1) is 14.7. The number of ether oxygens (including phenoxy) is 2. The Bertz CT molecular complexity index is 429. The Hall–Kier alpha value is -1.06. The van der Waals surface area contributed by atoms with Gasteiger partial charge in [-0.05, 0) is 44.9 Å². The first-order valence-corrected chi connectivity index (χ1v) is 12.9. The average Bonchev–Trinajstić information content (AvgIpc) is 2.77. The van der Waals surface area contributed by atoms with Gasteiger partial charge in [0.25, 0.3) is 0 Å². The summed E-state index contributed by atoms with van der Waals surface area (Å²) in [6.07, 6.45) is 22.7. The fourth-order valence-electron chi connectivity index (χ4n) is 4.46. The lowest BCUT2D eigenvalue weighted by Crippen LogP contribution is -2.26. The fraction of sp³-hybridized carbons (Fsp3) is 0.923. The van der Waals surface area contributed by atoms with Crippen molar-refractivity contribution in [2.24, 2.45) is 5.92 Å². The predicted molar refractivity (Wildman–Crippen MR) is 123 cm³/mol. The molecule has 0 aliphatic heterocycles. The molecule has 1 fully saturated rings. The Kier molecular flexibility index (Phi) is 16.8. The van der Waals surface area contributed by atoms with Crippen LogP contribution in [-0.2, 0) is 19.1 Å². The summed E-state index contributed by atoms with van der Waals surface area (Å²) >= 11 is 0. The molecular formula is C26H48O4. The van der Waals surface area contributed by atoms with E-state index >= 15 is 0 Å². The predicted octanol–water partition coefficient (Wildman–Crippen LogP) is 7.52. The van der Waals surface area contributed by atoms with Crippen molar-refractivity contribution in [1.82, 2.24) is 0 Å². The number of carbonyl (C=O) groups is 2. The number of methoxy groups -OCH3 is 1. The van der Waals surface area contributed by atoms with E-state index in [1.807, 2.05) is 0 Å². The molecule has 0 aromatic carbocycles. The topological polar surface area (TPSA) is 52.6 Å². The van der Waals surface area contributed by atoms with Gasteiger partial charge in [-0.25, -0.2) is 0 Å². The standard InChI is InChI=1S/C26H48O4/c1-3-4-5-6-7-9-15-20-24(30-26(28)23-18-13-12-14-19-23)21-16-10-8-11-17-22-25(27)29-2/h23-24H,3-22H2,1-2H3. The number of hydrogen-bond donors (Lipinski definition) is 0. The van der Waals surface area contributed by atoms with Crippen LogP contribution in [0, 0.1) is 5.92 Å². The highest BCUT2D eigenvalue weighted by Gasteiger charge is 2.25. The van der Waals surface area contributed by atoms with Crippen molar-refractivity contribution in [2.75, 3.05) is 7.11 Å². The third-order valence-electron chi connectivity index (χ3n) is 6.49. The number of rotatable bonds is 18. The SMILES string of the molecule is CCCCCCCCCC(CCCCCCCC(=O)OC)OC(=O)C1CCCCC1. The van der Waals surface area contributed by atoms with Gasteiger partial charge in [0.15, 0.2) is 0 Å². The molecule has 1 rings (SSSR count). The maximum absolute atomic E-state index is 12.6. The number of carbonyl (C=O) groups excluding carboxylic acids is 2. The summed E-state index contributed by atoms with van der Waals surface area (Å²) in [5, 5.41) is 0. The summed E-state index contributed by atoms with van der Waals surface area (Å²) in [4.78, 5) is 23.8. The molecule has 0 aromatic rings. The summed E-state index contributed by atoms with van der Waals surface area (Å²) < 4.78 is 10.7. The second kappa shape index (κ2) is 18.7. The van der Waals surface area contributed by atoms with Crippen LogP contribution in [0.15, 0.2) is 0 Å². The normalized spacial score (nSPS) is 15.7. The minimum atomic E-state index is -0.112. The van der Waals surface area contributed by atoms with E-state index in [9.17, 15) is 9.59 Å². The van der Waals surface area contributed by atoms with Crippen molar-refractivity contribution in [3.05, 3.63) is 0 Å². The van der Waals surface area contributed by atoms with Crippen molar-refractivity contribution < 1.29 is 19.1 Å². The molecule has 30 heavy (non-hydrogen) atoms. The molecule has 0 aromatic heterocycles. The lowest BCUT2D eigenvalue weighted by molar-refractivity contribution is -0.156. The summed E-state index contributed by atoms with van der Waals surface area (Å²) in [5.74, 6) is 0.105. The molecule has 1 aliphatic carbocycles. The molecule has 4 nitrogen and oxygen atoms in total. The van der Waals surface area contributed by atoms with Crippen LogP contribution in [-0.4, -0.2) is 25.2 Å². The second-order valence-corrected chi connectivity index (χ2v) is 9.19. The molecule has 1 unspecified atom stereocenters. The average molecular weight is 425 g/mol. The van der Waals surface area contributed by atoms with Crippen molar-refractivity contribution in [3.63, 3.8) is 0 Å². The summed E-state index contributed by atoms with van der Waals surface area (Å²) in [5.41, 5.74) is 0. The maximum Gasteiger partial charge on any atom is 0.309 e. The van der Waals surface area contributed by atoms with Gasteiger partial charge in [-0.2, -0.15) is 0 Å². The Labute approximate surface area is 185 Å². The molecule has 0 spiro atoms. The smallest absolute Gasteiger partial charge is 0.309 e. The van der Waals surface area contributed by atoms with Gasteiger partial charge in [-0.1, -0.05) is 84.0 Å². The van der Waals surface area contributed by atoms with Gasteiger partial charge < -0.3 is 9.47 Å². The quantitative estimate of drug-likeness (QED) is 0.169. The monoisotopic (exact) mass is 424 g/mol. The summed E-state index contributed by atoms with van der Waals surface area (Å²) in [7, 11) is 1.45. The molecule has 1 atom stereocenters. The molecule has 1 aliphatic rings. The molecule has 0 amide bonds. The van der Waals surface area contributed by atoms with E-state index in [-0.39, 0.29) is 24.0 Å². The minimum absolute atomic E-state index is 0.0701. The molecule has 176 valence electrons. The lowest BCUT2D eigenvalue weighted by atomic mass is 9.89. The fourth-order valence-corrected chi connectivity index (χ4v) is 4.46. The van der Waals surface area contributed by atoms with Crippen LogP contribution >= 0.6 is 0 Å². The molecule has 4 heteroatoms. The zero-order valence-electron chi connectivity index (χ0n) is 19.9. The van der Waals surface area contributed by atoms with Crippen molar-refractivity contribution in [2.45, 2.75) is 141 Å². The molecular weight excluding hydrogens is 376 g/mol. The molecule has 0 saturated heterocycles. The second-order valence-electron chi connectivity index (χ2n) is 9.19. The van der Waals surface area contributed by atoms with Crippen molar-refractivity contribution in [3.8, 4) is 0 Å². The Morgan fingerprint density at radius 1 is 0.767 bits per heavy atom. The van der Waals surface area contributed by atoms with Crippen LogP contribution in [0.5, 0.6) is 0 Å². The highest BCUT2D eigenvalue weighted by molar-refractivity contribution is 5.72. The highest BCUT2D eigenvalue weighted by Crippen LogP contribution is 2.26.